The van der Waals surface area contributed by atoms with E-state index in [1.165, 1.54) is 6.42 Å². The Hall–Kier alpha value is -1.26. The molecule has 0 fully saturated rings. The van der Waals surface area contributed by atoms with Gasteiger partial charge < -0.3 is 15.8 Å². The van der Waals surface area contributed by atoms with E-state index in [4.69, 9.17) is 22.1 Å². The lowest BCUT2D eigenvalue weighted by atomic mass is 10.2. The number of ether oxygens (including phenoxy) is 1. The van der Waals surface area contributed by atoms with Crippen molar-refractivity contribution in [3.05, 3.63) is 23.2 Å². The Bertz CT molecular complexity index is 410. The van der Waals surface area contributed by atoms with Crippen LogP contribution in [0, 0.1) is 0 Å². The van der Waals surface area contributed by atoms with Gasteiger partial charge in [-0.05, 0) is 24.6 Å². The van der Waals surface area contributed by atoms with E-state index in [1.54, 1.807) is 18.2 Å². The highest BCUT2D eigenvalue weighted by molar-refractivity contribution is 6.33. The molecule has 3 N–H and O–H groups in total. The average Bonchev–Trinajstić information content (AvgIpc) is 2.38. The molecule has 1 aromatic carbocycles. The number of benzene rings is 1. The van der Waals surface area contributed by atoms with Gasteiger partial charge in [-0.1, -0.05) is 31.4 Å². The van der Waals surface area contributed by atoms with Crippen molar-refractivity contribution in [3.8, 4) is 0 Å². The molecule has 1 amide bonds. The van der Waals surface area contributed by atoms with Gasteiger partial charge in [0, 0.05) is 12.3 Å². The molecule has 106 valence electrons. The van der Waals surface area contributed by atoms with E-state index in [-0.39, 0.29) is 5.91 Å². The van der Waals surface area contributed by atoms with E-state index in [0.29, 0.717) is 29.4 Å². The van der Waals surface area contributed by atoms with E-state index >= 15 is 0 Å². The summed E-state index contributed by atoms with van der Waals surface area (Å²) in [6.45, 7) is 3.30. The van der Waals surface area contributed by atoms with E-state index in [9.17, 15) is 4.79 Å². The van der Waals surface area contributed by atoms with E-state index < -0.39 is 0 Å². The van der Waals surface area contributed by atoms with Gasteiger partial charge >= 0.3 is 0 Å². The second-order valence-electron chi connectivity index (χ2n) is 4.35. The maximum Gasteiger partial charge on any atom is 0.226 e. The number of hydrogen-bond donors (Lipinski definition) is 2. The predicted molar refractivity (Wildman–Crippen MR) is 79.5 cm³/mol. The molecule has 0 bridgehead atoms. The second kappa shape index (κ2) is 8.77. The first kappa shape index (κ1) is 15.8. The summed E-state index contributed by atoms with van der Waals surface area (Å²) >= 11 is 5.80. The van der Waals surface area contributed by atoms with Gasteiger partial charge in [0.15, 0.2) is 0 Å². The minimum Gasteiger partial charge on any atom is -0.397 e. The number of nitrogens with one attached hydrogen (secondary N) is 1. The van der Waals surface area contributed by atoms with Gasteiger partial charge in [0.25, 0.3) is 0 Å². The summed E-state index contributed by atoms with van der Waals surface area (Å²) in [6, 6.07) is 5.02. The zero-order valence-corrected chi connectivity index (χ0v) is 12.0. The smallest absolute Gasteiger partial charge is 0.226 e. The summed E-state index contributed by atoms with van der Waals surface area (Å²) in [5.74, 6) is -0.0859. The molecule has 0 atom stereocenters. The number of rotatable bonds is 8. The van der Waals surface area contributed by atoms with Gasteiger partial charge in [0.1, 0.15) is 0 Å². The quantitative estimate of drug-likeness (QED) is 0.567. The summed E-state index contributed by atoms with van der Waals surface area (Å²) in [5.41, 5.74) is 6.76. The lowest BCUT2D eigenvalue weighted by Crippen LogP contribution is -2.14. The zero-order valence-electron chi connectivity index (χ0n) is 11.2. The Morgan fingerprint density at radius 2 is 2.16 bits per heavy atom. The van der Waals surface area contributed by atoms with Crippen molar-refractivity contribution in [2.45, 2.75) is 32.6 Å². The fourth-order valence-electron chi connectivity index (χ4n) is 1.57. The molecule has 0 saturated carbocycles. The van der Waals surface area contributed by atoms with Gasteiger partial charge in [-0.2, -0.15) is 0 Å². The first-order valence-corrected chi connectivity index (χ1v) is 6.94. The first-order valence-electron chi connectivity index (χ1n) is 6.56. The highest BCUT2D eigenvalue weighted by atomic mass is 35.5. The number of nitrogens with two attached hydrogens (primary N) is 1. The number of amides is 1. The third-order valence-corrected chi connectivity index (χ3v) is 2.99. The molecule has 0 heterocycles. The molecular weight excluding hydrogens is 264 g/mol. The monoisotopic (exact) mass is 284 g/mol. The molecule has 0 aliphatic heterocycles. The summed E-state index contributed by atoms with van der Waals surface area (Å²) < 4.78 is 5.38. The number of carbonyl (C=O) groups excluding carboxylic acids is 1. The number of hydrogen-bond acceptors (Lipinski definition) is 3. The molecule has 0 radical (unpaired) electrons. The normalized spacial score (nSPS) is 10.4. The van der Waals surface area contributed by atoms with Crippen LogP contribution in [0.1, 0.15) is 32.6 Å². The van der Waals surface area contributed by atoms with Crippen molar-refractivity contribution in [3.63, 3.8) is 0 Å². The van der Waals surface area contributed by atoms with Crippen LogP contribution in [0.15, 0.2) is 18.2 Å². The van der Waals surface area contributed by atoms with Gasteiger partial charge in [-0.25, -0.2) is 0 Å². The molecule has 0 spiro atoms. The number of nitrogen functional groups attached to an aromatic ring is 1. The molecule has 5 heteroatoms. The minimum atomic E-state index is -0.0859. The lowest BCUT2D eigenvalue weighted by molar-refractivity contribution is -0.117. The second-order valence-corrected chi connectivity index (χ2v) is 4.76. The van der Waals surface area contributed by atoms with Crippen molar-refractivity contribution < 1.29 is 9.53 Å². The van der Waals surface area contributed by atoms with Crippen molar-refractivity contribution in [1.82, 2.24) is 0 Å². The van der Waals surface area contributed by atoms with Gasteiger partial charge in [0.2, 0.25) is 5.91 Å². The molecular formula is C14H21ClN2O2. The summed E-state index contributed by atoms with van der Waals surface area (Å²) in [6.07, 6.45) is 3.72. The number of anilines is 2. The van der Waals surface area contributed by atoms with Crippen molar-refractivity contribution in [2.24, 2.45) is 0 Å². The SMILES string of the molecule is CCCCCOCCC(=O)Nc1ccc(Cl)c(N)c1. The molecule has 0 unspecified atom stereocenters. The summed E-state index contributed by atoms with van der Waals surface area (Å²) in [5, 5.41) is 3.24. The van der Waals surface area contributed by atoms with Crippen LogP contribution in [-0.4, -0.2) is 19.1 Å². The van der Waals surface area contributed by atoms with Crippen LogP contribution in [0.4, 0.5) is 11.4 Å². The molecule has 0 aliphatic rings. The standard InChI is InChI=1S/C14H21ClN2O2/c1-2-3-4-8-19-9-7-14(18)17-11-5-6-12(15)13(16)10-11/h5-6,10H,2-4,7-9,16H2,1H3,(H,17,18). The van der Waals surface area contributed by atoms with Crippen molar-refractivity contribution in [1.29, 1.82) is 0 Å². The Balaban J connectivity index is 2.21. The van der Waals surface area contributed by atoms with Crippen LogP contribution < -0.4 is 11.1 Å². The van der Waals surface area contributed by atoms with Crippen LogP contribution in [0.5, 0.6) is 0 Å². The van der Waals surface area contributed by atoms with Gasteiger partial charge in [0.05, 0.1) is 23.7 Å². The average molecular weight is 285 g/mol. The number of unbranched alkanes of at least 4 members (excludes halogenated alkanes) is 2. The molecule has 0 saturated heterocycles. The number of halogens is 1. The molecule has 1 aromatic rings. The summed E-state index contributed by atoms with van der Waals surface area (Å²) in [4.78, 5) is 11.6. The lowest BCUT2D eigenvalue weighted by Gasteiger charge is -2.07. The minimum absolute atomic E-state index is 0.0859. The predicted octanol–water partition coefficient (Wildman–Crippen LogP) is 3.46. The van der Waals surface area contributed by atoms with Gasteiger partial charge in [-0.15, -0.1) is 0 Å². The van der Waals surface area contributed by atoms with E-state index in [1.807, 2.05) is 0 Å². The topological polar surface area (TPSA) is 64.3 Å². The third kappa shape index (κ3) is 6.45. The Morgan fingerprint density at radius 1 is 1.37 bits per heavy atom. The molecule has 0 aromatic heterocycles. The van der Waals surface area contributed by atoms with Gasteiger partial charge in [-0.3, -0.25) is 4.79 Å². The Morgan fingerprint density at radius 3 is 2.84 bits per heavy atom. The largest absolute Gasteiger partial charge is 0.397 e. The highest BCUT2D eigenvalue weighted by Crippen LogP contribution is 2.22. The number of carbonyl (C=O) groups is 1. The Labute approximate surface area is 119 Å². The van der Waals surface area contributed by atoms with E-state index in [2.05, 4.69) is 12.2 Å². The van der Waals surface area contributed by atoms with Crippen LogP contribution >= 0.6 is 11.6 Å². The van der Waals surface area contributed by atoms with Crippen LogP contribution in [0.3, 0.4) is 0 Å². The van der Waals surface area contributed by atoms with Crippen molar-refractivity contribution >= 4 is 28.9 Å². The Kier molecular flexibility index (Phi) is 7.30. The van der Waals surface area contributed by atoms with Crippen molar-refractivity contribution in [2.75, 3.05) is 24.3 Å². The summed E-state index contributed by atoms with van der Waals surface area (Å²) in [7, 11) is 0. The molecule has 0 aliphatic carbocycles. The molecule has 4 nitrogen and oxygen atoms in total. The molecule has 1 rings (SSSR count). The van der Waals surface area contributed by atoms with Crippen LogP contribution in [0.25, 0.3) is 0 Å². The highest BCUT2D eigenvalue weighted by Gasteiger charge is 2.04. The fraction of sp³-hybridized carbons (Fsp3) is 0.500. The molecule has 19 heavy (non-hydrogen) atoms. The van der Waals surface area contributed by atoms with Crippen LogP contribution in [-0.2, 0) is 9.53 Å². The first-order chi connectivity index (χ1) is 9.13. The zero-order chi connectivity index (χ0) is 14.1. The maximum atomic E-state index is 11.6. The van der Waals surface area contributed by atoms with E-state index in [0.717, 1.165) is 19.4 Å². The third-order valence-electron chi connectivity index (χ3n) is 2.65. The van der Waals surface area contributed by atoms with Crippen LogP contribution in [0.2, 0.25) is 5.02 Å². The fourth-order valence-corrected chi connectivity index (χ4v) is 1.68. The maximum absolute atomic E-state index is 11.6.